The van der Waals surface area contributed by atoms with Gasteiger partial charge in [0.1, 0.15) is 0 Å². The minimum atomic E-state index is 0.512. The van der Waals surface area contributed by atoms with Crippen molar-refractivity contribution in [2.45, 2.75) is 20.4 Å². The van der Waals surface area contributed by atoms with Crippen molar-refractivity contribution in [3.8, 4) is 5.88 Å². The number of nitrogens with one attached hydrogen (secondary N) is 1. The smallest absolute Gasteiger partial charge is 0.217 e. The van der Waals surface area contributed by atoms with Gasteiger partial charge in [-0.1, -0.05) is 19.9 Å². The van der Waals surface area contributed by atoms with Crippen LogP contribution in [0.15, 0.2) is 18.3 Å². The van der Waals surface area contributed by atoms with Crippen molar-refractivity contribution in [1.82, 2.24) is 10.3 Å². The third kappa shape index (κ3) is 4.32. The molecule has 17 heavy (non-hydrogen) atoms. The highest BCUT2D eigenvalue weighted by atomic mass is 16.5. The van der Waals surface area contributed by atoms with Gasteiger partial charge in [-0.05, 0) is 31.0 Å². The molecule has 0 aromatic carbocycles. The molecule has 0 saturated carbocycles. The van der Waals surface area contributed by atoms with Gasteiger partial charge in [-0.25, -0.2) is 4.98 Å². The van der Waals surface area contributed by atoms with Gasteiger partial charge in [0.2, 0.25) is 5.88 Å². The molecule has 3 N–H and O–H groups in total. The topological polar surface area (TPSA) is 60.2 Å². The van der Waals surface area contributed by atoms with Gasteiger partial charge in [-0.15, -0.1) is 0 Å². The van der Waals surface area contributed by atoms with E-state index >= 15 is 0 Å². The predicted molar refractivity (Wildman–Crippen MR) is 69.9 cm³/mol. The average molecular weight is 237 g/mol. The molecule has 4 heteroatoms. The van der Waals surface area contributed by atoms with Crippen LogP contribution >= 0.6 is 0 Å². The van der Waals surface area contributed by atoms with E-state index in [-0.39, 0.29) is 0 Å². The summed E-state index contributed by atoms with van der Waals surface area (Å²) in [7, 11) is 1.64. The summed E-state index contributed by atoms with van der Waals surface area (Å²) in [6.45, 7) is 6.80. The molecule has 0 bridgehead atoms. The summed E-state index contributed by atoms with van der Waals surface area (Å²) in [5.41, 5.74) is 6.81. The van der Waals surface area contributed by atoms with Crippen molar-refractivity contribution in [1.29, 1.82) is 0 Å². The van der Waals surface area contributed by atoms with Crippen LogP contribution in [0, 0.1) is 11.8 Å². The van der Waals surface area contributed by atoms with Gasteiger partial charge in [0.05, 0.1) is 7.11 Å². The summed E-state index contributed by atoms with van der Waals surface area (Å²) in [6, 6.07) is 3.94. The van der Waals surface area contributed by atoms with Gasteiger partial charge in [-0.3, -0.25) is 0 Å². The maximum atomic E-state index is 5.73. The highest BCUT2D eigenvalue weighted by Crippen LogP contribution is 2.13. The first kappa shape index (κ1) is 13.9. The summed E-state index contributed by atoms with van der Waals surface area (Å²) >= 11 is 0. The van der Waals surface area contributed by atoms with Gasteiger partial charge < -0.3 is 15.8 Å². The SMILES string of the molecule is COc1ncccc1CNCC(CN)C(C)C. The van der Waals surface area contributed by atoms with Crippen LogP contribution in [0.2, 0.25) is 0 Å². The lowest BCUT2D eigenvalue weighted by Crippen LogP contribution is -2.31. The molecule has 0 fully saturated rings. The van der Waals surface area contributed by atoms with Gasteiger partial charge >= 0.3 is 0 Å². The maximum absolute atomic E-state index is 5.73. The highest BCUT2D eigenvalue weighted by molar-refractivity contribution is 5.24. The number of hydrogen-bond donors (Lipinski definition) is 2. The third-order valence-corrected chi connectivity index (χ3v) is 3.01. The normalized spacial score (nSPS) is 12.8. The number of ether oxygens (including phenoxy) is 1. The Morgan fingerprint density at radius 2 is 2.24 bits per heavy atom. The van der Waals surface area contributed by atoms with Crippen LogP contribution in [-0.4, -0.2) is 25.2 Å². The van der Waals surface area contributed by atoms with E-state index < -0.39 is 0 Å². The zero-order valence-electron chi connectivity index (χ0n) is 10.9. The quantitative estimate of drug-likeness (QED) is 0.753. The van der Waals surface area contributed by atoms with Crippen LogP contribution < -0.4 is 15.8 Å². The zero-order valence-corrected chi connectivity index (χ0v) is 10.9. The first-order chi connectivity index (χ1) is 8.19. The number of nitrogens with two attached hydrogens (primary N) is 1. The Bertz CT molecular complexity index is 328. The second kappa shape index (κ2) is 7.25. The van der Waals surface area contributed by atoms with Crippen molar-refractivity contribution in [2.75, 3.05) is 20.2 Å². The lowest BCUT2D eigenvalue weighted by Gasteiger charge is -2.19. The molecular formula is C13H23N3O. The number of rotatable bonds is 7. The number of nitrogens with zero attached hydrogens (tertiary/aromatic N) is 1. The van der Waals surface area contributed by atoms with Crippen LogP contribution in [0.3, 0.4) is 0 Å². The second-order valence-corrected chi connectivity index (χ2v) is 4.54. The molecule has 1 unspecified atom stereocenters. The Hall–Kier alpha value is -1.13. The fourth-order valence-corrected chi connectivity index (χ4v) is 1.73. The van der Waals surface area contributed by atoms with Gasteiger partial charge in [0.15, 0.2) is 0 Å². The number of methoxy groups -OCH3 is 1. The molecule has 0 aliphatic heterocycles. The van der Waals surface area contributed by atoms with E-state index in [9.17, 15) is 0 Å². The summed E-state index contributed by atoms with van der Waals surface area (Å²) in [5, 5.41) is 3.41. The summed E-state index contributed by atoms with van der Waals surface area (Å²) in [4.78, 5) is 4.16. The zero-order chi connectivity index (χ0) is 12.7. The fourth-order valence-electron chi connectivity index (χ4n) is 1.73. The van der Waals surface area contributed by atoms with Gasteiger partial charge in [0.25, 0.3) is 0 Å². The Balaban J connectivity index is 2.45. The third-order valence-electron chi connectivity index (χ3n) is 3.01. The molecule has 4 nitrogen and oxygen atoms in total. The van der Waals surface area contributed by atoms with Crippen molar-refractivity contribution in [2.24, 2.45) is 17.6 Å². The minimum Gasteiger partial charge on any atom is -0.481 e. The molecule has 1 heterocycles. The molecule has 0 aliphatic rings. The Morgan fingerprint density at radius 3 is 2.82 bits per heavy atom. The van der Waals surface area contributed by atoms with Crippen molar-refractivity contribution >= 4 is 0 Å². The maximum Gasteiger partial charge on any atom is 0.217 e. The molecular weight excluding hydrogens is 214 g/mol. The standard InChI is InChI=1S/C13H23N3O/c1-10(2)12(7-14)9-15-8-11-5-4-6-16-13(11)17-3/h4-6,10,12,15H,7-9,14H2,1-3H3. The van der Waals surface area contributed by atoms with E-state index in [1.165, 1.54) is 0 Å². The second-order valence-electron chi connectivity index (χ2n) is 4.54. The van der Waals surface area contributed by atoms with E-state index in [4.69, 9.17) is 10.5 Å². The number of aromatic nitrogens is 1. The minimum absolute atomic E-state index is 0.512. The van der Waals surface area contributed by atoms with Crippen molar-refractivity contribution in [3.63, 3.8) is 0 Å². The van der Waals surface area contributed by atoms with Crippen LogP contribution in [0.1, 0.15) is 19.4 Å². The molecule has 1 aromatic rings. The molecule has 1 rings (SSSR count). The average Bonchev–Trinajstić information content (AvgIpc) is 2.34. The highest BCUT2D eigenvalue weighted by Gasteiger charge is 2.11. The van der Waals surface area contributed by atoms with Crippen LogP contribution in [0.5, 0.6) is 5.88 Å². The Labute approximate surface area is 104 Å². The summed E-state index contributed by atoms with van der Waals surface area (Å²) in [5.74, 6) is 1.80. The molecule has 1 aromatic heterocycles. The molecule has 0 saturated heterocycles. The van der Waals surface area contributed by atoms with Gasteiger partial charge in [-0.2, -0.15) is 0 Å². The van der Waals surface area contributed by atoms with E-state index in [0.717, 1.165) is 25.2 Å². The molecule has 96 valence electrons. The first-order valence-electron chi connectivity index (χ1n) is 6.07. The van der Waals surface area contributed by atoms with Crippen LogP contribution in [-0.2, 0) is 6.54 Å². The summed E-state index contributed by atoms with van der Waals surface area (Å²) < 4.78 is 5.20. The Kier molecular flexibility index (Phi) is 5.94. The predicted octanol–water partition coefficient (Wildman–Crippen LogP) is 1.41. The largest absolute Gasteiger partial charge is 0.481 e. The van der Waals surface area contributed by atoms with E-state index in [0.29, 0.717) is 17.7 Å². The molecule has 0 amide bonds. The first-order valence-corrected chi connectivity index (χ1v) is 6.07. The van der Waals surface area contributed by atoms with Crippen molar-refractivity contribution in [3.05, 3.63) is 23.9 Å². The van der Waals surface area contributed by atoms with Crippen molar-refractivity contribution < 1.29 is 4.74 Å². The summed E-state index contributed by atoms with van der Waals surface area (Å²) in [6.07, 6.45) is 1.74. The molecule has 0 radical (unpaired) electrons. The molecule has 1 atom stereocenters. The number of pyridine rings is 1. The lowest BCUT2D eigenvalue weighted by atomic mass is 9.96. The van der Waals surface area contributed by atoms with Crippen LogP contribution in [0.25, 0.3) is 0 Å². The molecule has 0 spiro atoms. The van der Waals surface area contributed by atoms with E-state index in [1.54, 1.807) is 13.3 Å². The van der Waals surface area contributed by atoms with Gasteiger partial charge in [0, 0.05) is 18.3 Å². The Morgan fingerprint density at radius 1 is 1.47 bits per heavy atom. The fraction of sp³-hybridized carbons (Fsp3) is 0.615. The van der Waals surface area contributed by atoms with E-state index in [2.05, 4.69) is 24.1 Å². The number of hydrogen-bond acceptors (Lipinski definition) is 4. The monoisotopic (exact) mass is 237 g/mol. The van der Waals surface area contributed by atoms with E-state index in [1.807, 2.05) is 12.1 Å². The molecule has 0 aliphatic carbocycles. The van der Waals surface area contributed by atoms with Crippen LogP contribution in [0.4, 0.5) is 0 Å². The lowest BCUT2D eigenvalue weighted by molar-refractivity contribution is 0.364.